The Morgan fingerprint density at radius 2 is 1.81 bits per heavy atom. The Labute approximate surface area is 127 Å². The Balaban J connectivity index is 1.78. The average Bonchev–Trinajstić information content (AvgIpc) is 2.45. The molecule has 2 fully saturated rings. The number of halogens is 4. The summed E-state index contributed by atoms with van der Waals surface area (Å²) < 4.78 is 38.4. The van der Waals surface area contributed by atoms with Crippen LogP contribution in [0.1, 0.15) is 50.5 Å². The lowest BCUT2D eigenvalue weighted by molar-refractivity contribution is -0.137. The molecule has 0 aliphatic heterocycles. The molecule has 1 nitrogen and oxygen atoms in total. The summed E-state index contributed by atoms with van der Waals surface area (Å²) in [6, 6.07) is 3.76. The molecule has 3 rings (SSSR count). The van der Waals surface area contributed by atoms with Crippen molar-refractivity contribution in [1.82, 2.24) is 0 Å². The molecule has 21 heavy (non-hydrogen) atoms. The average molecular weight is 318 g/mol. The van der Waals surface area contributed by atoms with E-state index in [4.69, 9.17) is 11.6 Å². The van der Waals surface area contributed by atoms with E-state index in [0.29, 0.717) is 10.7 Å². The van der Waals surface area contributed by atoms with E-state index in [0.717, 1.165) is 18.6 Å². The van der Waals surface area contributed by atoms with E-state index in [9.17, 15) is 13.2 Å². The van der Waals surface area contributed by atoms with E-state index in [1.54, 1.807) is 0 Å². The lowest BCUT2D eigenvalue weighted by Crippen LogP contribution is -2.50. The van der Waals surface area contributed by atoms with Crippen molar-refractivity contribution in [1.29, 1.82) is 0 Å². The highest BCUT2D eigenvalue weighted by molar-refractivity contribution is 6.33. The molecule has 2 saturated carbocycles. The fraction of sp³-hybridized carbons (Fsp3) is 0.625. The molecule has 116 valence electrons. The lowest BCUT2D eigenvalue weighted by Gasteiger charge is -2.52. The molecule has 1 N–H and O–H groups in total. The Bertz CT molecular complexity index is 521. The third kappa shape index (κ3) is 2.87. The van der Waals surface area contributed by atoms with Gasteiger partial charge in [0.15, 0.2) is 0 Å². The third-order valence-electron chi connectivity index (χ3n) is 5.14. The monoisotopic (exact) mass is 317 g/mol. The fourth-order valence-corrected chi connectivity index (χ4v) is 3.95. The minimum atomic E-state index is -4.33. The van der Waals surface area contributed by atoms with Crippen LogP contribution in [0.4, 0.5) is 18.9 Å². The second-order valence-corrected chi connectivity index (χ2v) is 6.76. The van der Waals surface area contributed by atoms with Crippen LogP contribution >= 0.6 is 11.6 Å². The van der Waals surface area contributed by atoms with Crippen LogP contribution in [0.5, 0.6) is 0 Å². The van der Waals surface area contributed by atoms with Gasteiger partial charge in [-0.05, 0) is 49.3 Å². The second-order valence-electron chi connectivity index (χ2n) is 6.35. The zero-order chi connectivity index (χ0) is 15.1. The standard InChI is InChI=1S/C16H19ClF3N/c17-12-5-4-11(16(18,19)20)10-13(12)21-14-6-9-15(14)7-2-1-3-8-15/h4-5,10,14,21H,1-3,6-9H2. The molecule has 0 heterocycles. The maximum atomic E-state index is 12.8. The van der Waals surface area contributed by atoms with Gasteiger partial charge in [-0.25, -0.2) is 0 Å². The van der Waals surface area contributed by atoms with Crippen LogP contribution in [-0.2, 0) is 6.18 Å². The van der Waals surface area contributed by atoms with Crippen LogP contribution in [0.15, 0.2) is 18.2 Å². The predicted octanol–water partition coefficient (Wildman–Crippen LogP) is 5.88. The van der Waals surface area contributed by atoms with Gasteiger partial charge in [0.2, 0.25) is 0 Å². The topological polar surface area (TPSA) is 12.0 Å². The zero-order valence-electron chi connectivity index (χ0n) is 11.8. The molecule has 1 atom stereocenters. The first kappa shape index (κ1) is 15.0. The fourth-order valence-electron chi connectivity index (χ4n) is 3.78. The van der Waals surface area contributed by atoms with Crippen LogP contribution in [0.25, 0.3) is 0 Å². The molecule has 0 bridgehead atoms. The Hall–Kier alpha value is -0.900. The van der Waals surface area contributed by atoms with Gasteiger partial charge in [-0.15, -0.1) is 0 Å². The number of rotatable bonds is 2. The molecule has 1 spiro atoms. The molecule has 0 aromatic heterocycles. The van der Waals surface area contributed by atoms with Crippen LogP contribution in [0, 0.1) is 5.41 Å². The first-order valence-corrected chi connectivity index (χ1v) is 7.92. The van der Waals surface area contributed by atoms with Gasteiger partial charge in [0.25, 0.3) is 0 Å². The summed E-state index contributed by atoms with van der Waals surface area (Å²) in [4.78, 5) is 0. The van der Waals surface area contributed by atoms with E-state index in [1.165, 1.54) is 44.6 Å². The summed E-state index contributed by atoms with van der Waals surface area (Å²) in [5.74, 6) is 0. The molecule has 1 unspecified atom stereocenters. The molecule has 2 aliphatic carbocycles. The number of hydrogen-bond donors (Lipinski definition) is 1. The van der Waals surface area contributed by atoms with Gasteiger partial charge in [-0.3, -0.25) is 0 Å². The highest BCUT2D eigenvalue weighted by Gasteiger charge is 2.47. The Kier molecular flexibility index (Phi) is 3.85. The number of alkyl halides is 3. The second kappa shape index (κ2) is 5.38. The van der Waals surface area contributed by atoms with E-state index in [2.05, 4.69) is 5.32 Å². The molecule has 2 aliphatic rings. The summed E-state index contributed by atoms with van der Waals surface area (Å²) in [6.07, 6.45) is 3.97. The minimum absolute atomic E-state index is 0.263. The molecule has 0 saturated heterocycles. The van der Waals surface area contributed by atoms with Gasteiger partial charge in [-0.1, -0.05) is 30.9 Å². The van der Waals surface area contributed by atoms with Gasteiger partial charge in [0.1, 0.15) is 0 Å². The van der Waals surface area contributed by atoms with Crippen molar-refractivity contribution in [2.75, 3.05) is 5.32 Å². The molecular weight excluding hydrogens is 299 g/mol. The smallest absolute Gasteiger partial charge is 0.381 e. The number of benzene rings is 1. The van der Waals surface area contributed by atoms with Crippen LogP contribution < -0.4 is 5.32 Å². The van der Waals surface area contributed by atoms with Crippen molar-refractivity contribution in [2.24, 2.45) is 5.41 Å². The van der Waals surface area contributed by atoms with E-state index in [1.807, 2.05) is 0 Å². The van der Waals surface area contributed by atoms with Crippen molar-refractivity contribution in [3.8, 4) is 0 Å². The predicted molar refractivity (Wildman–Crippen MR) is 78.6 cm³/mol. The summed E-state index contributed by atoms with van der Waals surface area (Å²) in [7, 11) is 0. The highest BCUT2D eigenvalue weighted by Crippen LogP contribution is 2.53. The van der Waals surface area contributed by atoms with Crippen molar-refractivity contribution in [3.63, 3.8) is 0 Å². The summed E-state index contributed by atoms with van der Waals surface area (Å²) in [5.41, 5.74) is 0.0584. The SMILES string of the molecule is FC(F)(F)c1ccc(Cl)c(NC2CCC23CCCCC3)c1. The quantitative estimate of drug-likeness (QED) is 0.717. The van der Waals surface area contributed by atoms with E-state index >= 15 is 0 Å². The van der Waals surface area contributed by atoms with Crippen LogP contribution in [0.2, 0.25) is 5.02 Å². The van der Waals surface area contributed by atoms with Gasteiger partial charge in [0, 0.05) is 6.04 Å². The minimum Gasteiger partial charge on any atom is -0.381 e. The third-order valence-corrected chi connectivity index (χ3v) is 5.47. The normalized spacial score (nSPS) is 24.7. The van der Waals surface area contributed by atoms with Crippen LogP contribution in [0.3, 0.4) is 0 Å². The van der Waals surface area contributed by atoms with Crippen molar-refractivity contribution >= 4 is 17.3 Å². The van der Waals surface area contributed by atoms with Gasteiger partial charge >= 0.3 is 6.18 Å². The van der Waals surface area contributed by atoms with Crippen molar-refractivity contribution in [3.05, 3.63) is 28.8 Å². The van der Waals surface area contributed by atoms with Crippen molar-refractivity contribution < 1.29 is 13.2 Å². The van der Waals surface area contributed by atoms with Gasteiger partial charge in [-0.2, -0.15) is 13.2 Å². The highest BCUT2D eigenvalue weighted by atomic mass is 35.5. The van der Waals surface area contributed by atoms with Gasteiger partial charge < -0.3 is 5.32 Å². The number of nitrogens with one attached hydrogen (secondary N) is 1. The molecular formula is C16H19ClF3N. The largest absolute Gasteiger partial charge is 0.416 e. The maximum absolute atomic E-state index is 12.8. The maximum Gasteiger partial charge on any atom is 0.416 e. The lowest BCUT2D eigenvalue weighted by atomic mass is 9.57. The Morgan fingerprint density at radius 1 is 1.10 bits per heavy atom. The summed E-state index contributed by atoms with van der Waals surface area (Å²) in [6.45, 7) is 0. The first-order chi connectivity index (χ1) is 9.91. The van der Waals surface area contributed by atoms with E-state index in [-0.39, 0.29) is 11.5 Å². The van der Waals surface area contributed by atoms with E-state index < -0.39 is 11.7 Å². The van der Waals surface area contributed by atoms with Gasteiger partial charge in [0.05, 0.1) is 16.3 Å². The zero-order valence-corrected chi connectivity index (χ0v) is 12.5. The molecule has 1 aromatic carbocycles. The van der Waals surface area contributed by atoms with Crippen molar-refractivity contribution in [2.45, 2.75) is 57.2 Å². The molecule has 1 aromatic rings. The molecule has 5 heteroatoms. The summed E-state index contributed by atoms with van der Waals surface area (Å²) in [5, 5.41) is 3.65. The number of anilines is 1. The molecule has 0 radical (unpaired) electrons. The first-order valence-electron chi connectivity index (χ1n) is 7.54. The summed E-state index contributed by atoms with van der Waals surface area (Å²) >= 11 is 6.07. The van der Waals surface area contributed by atoms with Crippen LogP contribution in [-0.4, -0.2) is 6.04 Å². The number of hydrogen-bond acceptors (Lipinski definition) is 1. The molecule has 0 amide bonds. The Morgan fingerprint density at radius 3 is 2.38 bits per heavy atom.